The number of hydrogen-bond acceptors (Lipinski definition) is 6. The number of benzene rings is 1. The highest BCUT2D eigenvalue weighted by atomic mass is 32.2. The van der Waals surface area contributed by atoms with E-state index in [-0.39, 0.29) is 23.7 Å². The number of fused-ring (bicyclic) bond motifs is 1. The van der Waals surface area contributed by atoms with Crippen molar-refractivity contribution in [2.45, 2.75) is 46.5 Å². The van der Waals surface area contributed by atoms with Gasteiger partial charge in [0.15, 0.2) is 5.84 Å². The lowest BCUT2D eigenvalue weighted by atomic mass is 10.1. The first-order chi connectivity index (χ1) is 17.9. The van der Waals surface area contributed by atoms with Gasteiger partial charge in [-0.1, -0.05) is 0 Å². The maximum Gasteiger partial charge on any atom is 0.283 e. The number of carbonyl (C=O) groups is 2. The van der Waals surface area contributed by atoms with E-state index in [1.807, 2.05) is 56.0 Å². The Morgan fingerprint density at radius 3 is 2.59 bits per heavy atom. The molecule has 1 fully saturated rings. The Bertz CT molecular complexity index is 1350. The van der Waals surface area contributed by atoms with Gasteiger partial charge in [0.05, 0.1) is 18.6 Å². The zero-order chi connectivity index (χ0) is 26.1. The predicted octanol–water partition coefficient (Wildman–Crippen LogP) is 4.51. The zero-order valence-corrected chi connectivity index (χ0v) is 22.1. The van der Waals surface area contributed by atoms with E-state index in [0.29, 0.717) is 16.8 Å². The van der Waals surface area contributed by atoms with Crippen LogP contribution < -0.4 is 4.74 Å². The lowest BCUT2D eigenvalue weighted by Gasteiger charge is -2.26. The zero-order valence-electron chi connectivity index (χ0n) is 21.3. The first kappa shape index (κ1) is 25.0. The Morgan fingerprint density at radius 1 is 1.16 bits per heavy atom. The molecule has 10 heteroatoms. The molecule has 0 aliphatic carbocycles. The molecule has 3 aliphatic heterocycles. The van der Waals surface area contributed by atoms with Crippen LogP contribution in [-0.2, 0) is 9.59 Å². The molecule has 1 N–H and O–H groups in total. The van der Waals surface area contributed by atoms with Crippen molar-refractivity contribution in [1.29, 1.82) is 5.41 Å². The van der Waals surface area contributed by atoms with Gasteiger partial charge in [0, 0.05) is 30.2 Å². The van der Waals surface area contributed by atoms with Crippen molar-refractivity contribution in [1.82, 2.24) is 14.5 Å². The van der Waals surface area contributed by atoms with Crippen LogP contribution in [0.3, 0.4) is 0 Å². The second-order valence-electron chi connectivity index (χ2n) is 9.22. The minimum Gasteiger partial charge on any atom is -0.494 e. The molecule has 1 saturated heterocycles. The minimum atomic E-state index is -0.478. The molecule has 37 heavy (non-hydrogen) atoms. The number of piperidine rings is 1. The molecule has 0 unspecified atom stereocenters. The summed E-state index contributed by atoms with van der Waals surface area (Å²) in [5.74, 6) is 0.330. The third-order valence-electron chi connectivity index (χ3n) is 6.68. The van der Waals surface area contributed by atoms with Gasteiger partial charge in [0.1, 0.15) is 10.8 Å². The third-order valence-corrected chi connectivity index (χ3v) is 7.59. The van der Waals surface area contributed by atoms with Crippen molar-refractivity contribution in [2.24, 2.45) is 10.1 Å². The van der Waals surface area contributed by atoms with Gasteiger partial charge in [-0.05, 0) is 93.8 Å². The summed E-state index contributed by atoms with van der Waals surface area (Å²) >= 11 is 1.19. The van der Waals surface area contributed by atoms with Gasteiger partial charge in [-0.2, -0.15) is 15.1 Å². The van der Waals surface area contributed by atoms with Crippen molar-refractivity contribution in [2.75, 3.05) is 19.7 Å². The van der Waals surface area contributed by atoms with Crippen molar-refractivity contribution >= 4 is 45.7 Å². The van der Waals surface area contributed by atoms with E-state index >= 15 is 0 Å². The van der Waals surface area contributed by atoms with Crippen LogP contribution in [0, 0.1) is 19.3 Å². The smallest absolute Gasteiger partial charge is 0.283 e. The number of aromatic nitrogens is 1. The summed E-state index contributed by atoms with van der Waals surface area (Å²) in [4.78, 5) is 31.7. The largest absolute Gasteiger partial charge is 0.494 e. The predicted molar refractivity (Wildman–Crippen MR) is 146 cm³/mol. The summed E-state index contributed by atoms with van der Waals surface area (Å²) in [6, 6.07) is 9.85. The number of likely N-dealkylation sites (tertiary alicyclic amines) is 1. The van der Waals surface area contributed by atoms with Crippen LogP contribution in [-0.4, -0.2) is 62.0 Å². The summed E-state index contributed by atoms with van der Waals surface area (Å²) < 4.78 is 7.65. The molecule has 4 heterocycles. The molecule has 0 saturated carbocycles. The Morgan fingerprint density at radius 2 is 1.89 bits per heavy atom. The molecule has 5 rings (SSSR count). The first-order valence-electron chi connectivity index (χ1n) is 12.5. The molecule has 2 amide bonds. The first-order valence-corrected chi connectivity index (χ1v) is 13.4. The number of hydrogen-bond donors (Lipinski definition) is 1. The van der Waals surface area contributed by atoms with Crippen molar-refractivity contribution in [3.8, 4) is 11.4 Å². The number of aliphatic imine (C=N–C) groups is 1. The Hall–Kier alpha value is -3.66. The van der Waals surface area contributed by atoms with E-state index in [2.05, 4.69) is 14.7 Å². The number of thioether (sulfide) groups is 1. The van der Waals surface area contributed by atoms with E-state index < -0.39 is 5.91 Å². The maximum atomic E-state index is 12.9. The van der Waals surface area contributed by atoms with Crippen LogP contribution in [0.4, 0.5) is 0 Å². The number of hydrazone groups is 1. The number of aryl methyl sites for hydroxylation is 1. The van der Waals surface area contributed by atoms with E-state index in [9.17, 15) is 9.59 Å². The third kappa shape index (κ3) is 4.98. The molecular weight excluding hydrogens is 488 g/mol. The quantitative estimate of drug-likeness (QED) is 0.567. The fourth-order valence-corrected chi connectivity index (χ4v) is 5.71. The standard InChI is InChI=1S/C27H30N6O3S/c1-4-36-21-10-8-20(9-11-21)32-17(2)14-19(18(32)3)15-22-25(28)33-27(29-26(22)35)37-23(30-33)16-24(34)31-12-6-5-7-13-31/h8-11,14-15,28H,4-7,12-13,16H2,1-3H3/b22-15-,28-25?. The number of rotatable bonds is 6. The van der Waals surface area contributed by atoms with Crippen LogP contribution in [0.5, 0.6) is 5.75 Å². The second kappa shape index (κ2) is 10.4. The Balaban J connectivity index is 1.37. The maximum absolute atomic E-state index is 12.9. The fraction of sp³-hybridized carbons (Fsp3) is 0.370. The van der Waals surface area contributed by atoms with E-state index in [1.165, 1.54) is 16.8 Å². The highest BCUT2D eigenvalue weighted by molar-refractivity contribution is 8.27. The fourth-order valence-electron chi connectivity index (χ4n) is 4.83. The second-order valence-corrected chi connectivity index (χ2v) is 10.3. The average Bonchev–Trinajstić information content (AvgIpc) is 3.42. The molecule has 1 aromatic carbocycles. The number of nitrogens with one attached hydrogen (secondary N) is 1. The molecule has 2 aromatic rings. The summed E-state index contributed by atoms with van der Waals surface area (Å²) in [6.45, 7) is 8.10. The van der Waals surface area contributed by atoms with Crippen molar-refractivity contribution < 1.29 is 14.3 Å². The lowest BCUT2D eigenvalue weighted by molar-refractivity contribution is -0.130. The topological polar surface area (TPSA) is 103 Å². The van der Waals surface area contributed by atoms with E-state index in [4.69, 9.17) is 10.1 Å². The number of ether oxygens (including phenoxy) is 1. The van der Waals surface area contributed by atoms with Gasteiger partial charge in [-0.25, -0.2) is 0 Å². The number of carbonyl (C=O) groups excluding carboxylic acids is 2. The molecular formula is C27H30N6O3S. The van der Waals surface area contributed by atoms with Gasteiger partial charge < -0.3 is 14.2 Å². The summed E-state index contributed by atoms with van der Waals surface area (Å²) in [5.41, 5.74) is 3.92. The highest BCUT2D eigenvalue weighted by Gasteiger charge is 2.36. The Labute approximate surface area is 220 Å². The van der Waals surface area contributed by atoms with Gasteiger partial charge in [-0.3, -0.25) is 15.0 Å². The molecule has 9 nitrogen and oxygen atoms in total. The molecule has 0 radical (unpaired) electrons. The van der Waals surface area contributed by atoms with Crippen LogP contribution in [0.15, 0.2) is 46.0 Å². The molecule has 192 valence electrons. The summed E-state index contributed by atoms with van der Waals surface area (Å²) in [5, 5.41) is 15.4. The molecule has 0 spiro atoms. The van der Waals surface area contributed by atoms with Crippen molar-refractivity contribution in [3.63, 3.8) is 0 Å². The average molecular weight is 519 g/mol. The number of amidine groups is 2. The normalized spacial score (nSPS) is 18.7. The SMILES string of the molecule is CCOc1ccc(-n2c(C)cc(/C=C3/C(=N)N4N=C(CC(=O)N5CCCCC5)SC4=NC3=O)c2C)cc1. The highest BCUT2D eigenvalue weighted by Crippen LogP contribution is 2.31. The van der Waals surface area contributed by atoms with Crippen LogP contribution in [0.25, 0.3) is 11.8 Å². The van der Waals surface area contributed by atoms with Crippen LogP contribution in [0.2, 0.25) is 0 Å². The Kier molecular flexibility index (Phi) is 7.01. The summed E-state index contributed by atoms with van der Waals surface area (Å²) in [6.07, 6.45) is 5.06. The minimum absolute atomic E-state index is 0.0294. The number of amides is 2. The van der Waals surface area contributed by atoms with Gasteiger partial charge >= 0.3 is 0 Å². The monoisotopic (exact) mass is 518 g/mol. The van der Waals surface area contributed by atoms with Gasteiger partial charge in [0.25, 0.3) is 5.91 Å². The van der Waals surface area contributed by atoms with Gasteiger partial charge in [0.2, 0.25) is 11.1 Å². The summed E-state index contributed by atoms with van der Waals surface area (Å²) in [7, 11) is 0. The van der Waals surface area contributed by atoms with Crippen LogP contribution >= 0.6 is 11.8 Å². The van der Waals surface area contributed by atoms with E-state index in [0.717, 1.165) is 60.7 Å². The van der Waals surface area contributed by atoms with Gasteiger partial charge in [-0.15, -0.1) is 0 Å². The van der Waals surface area contributed by atoms with Crippen LogP contribution in [0.1, 0.15) is 49.6 Å². The number of nitrogens with zero attached hydrogens (tertiary/aromatic N) is 5. The molecule has 0 bridgehead atoms. The molecule has 1 aromatic heterocycles. The van der Waals surface area contributed by atoms with Crippen molar-refractivity contribution in [3.05, 3.63) is 52.9 Å². The molecule has 3 aliphatic rings. The lowest BCUT2D eigenvalue weighted by Crippen LogP contribution is -2.36. The molecule has 0 atom stereocenters. The van der Waals surface area contributed by atoms with E-state index in [1.54, 1.807) is 6.08 Å².